The van der Waals surface area contributed by atoms with Crippen molar-refractivity contribution >= 4 is 38.3 Å². The number of halogens is 1. The number of likely N-dealkylation sites (tertiary alicyclic amines) is 1. The number of thiazole rings is 1. The zero-order chi connectivity index (χ0) is 16.2. The van der Waals surface area contributed by atoms with Gasteiger partial charge in [-0.3, -0.25) is 20.0 Å². The number of carbonyl (C=O) groups excluding carboxylic acids is 1. The lowest BCUT2D eigenvalue weighted by Crippen LogP contribution is -2.33. The molecule has 1 unspecified atom stereocenters. The van der Waals surface area contributed by atoms with Crippen molar-refractivity contribution < 1.29 is 4.79 Å². The van der Waals surface area contributed by atoms with Crippen LogP contribution in [0.25, 0.3) is 0 Å². The van der Waals surface area contributed by atoms with Gasteiger partial charge in [0.25, 0.3) is 5.91 Å². The van der Waals surface area contributed by atoms with Crippen LogP contribution in [0.2, 0.25) is 0 Å². The minimum absolute atomic E-state index is 0.189. The minimum atomic E-state index is -0.189. The molecule has 1 N–H and O–H groups in total. The van der Waals surface area contributed by atoms with E-state index in [1.165, 1.54) is 24.2 Å². The van der Waals surface area contributed by atoms with E-state index in [9.17, 15) is 4.79 Å². The Labute approximate surface area is 148 Å². The molecule has 1 aliphatic rings. The second-order valence-electron chi connectivity index (χ2n) is 5.97. The number of amides is 1. The van der Waals surface area contributed by atoms with E-state index in [0.717, 1.165) is 35.7 Å². The van der Waals surface area contributed by atoms with E-state index in [2.05, 4.69) is 43.0 Å². The molecule has 1 amide bonds. The molecule has 0 spiro atoms. The van der Waals surface area contributed by atoms with Gasteiger partial charge < -0.3 is 0 Å². The molecule has 2 aromatic heterocycles. The van der Waals surface area contributed by atoms with Gasteiger partial charge in [-0.2, -0.15) is 0 Å². The number of aromatic nitrogens is 2. The third-order valence-corrected chi connectivity index (χ3v) is 5.11. The Balaban J connectivity index is 1.59. The Morgan fingerprint density at radius 1 is 1.52 bits per heavy atom. The average Bonchev–Trinajstić information content (AvgIpc) is 2.94. The number of nitrogens with zero attached hydrogens (tertiary/aromatic N) is 3. The Morgan fingerprint density at radius 2 is 2.39 bits per heavy atom. The molecule has 1 aliphatic heterocycles. The molecule has 0 saturated carbocycles. The maximum atomic E-state index is 12.2. The van der Waals surface area contributed by atoms with Crippen LogP contribution in [0.4, 0.5) is 5.13 Å². The second-order valence-corrected chi connectivity index (χ2v) is 7.75. The molecule has 122 valence electrons. The van der Waals surface area contributed by atoms with Crippen molar-refractivity contribution in [3.63, 3.8) is 0 Å². The van der Waals surface area contributed by atoms with E-state index < -0.39 is 0 Å². The molecule has 1 fully saturated rings. The first kappa shape index (κ1) is 16.5. The van der Waals surface area contributed by atoms with E-state index in [1.807, 2.05) is 5.38 Å². The summed E-state index contributed by atoms with van der Waals surface area (Å²) >= 11 is 4.78. The van der Waals surface area contributed by atoms with Crippen LogP contribution >= 0.6 is 27.3 Å². The molecule has 3 rings (SSSR count). The molecule has 5 nitrogen and oxygen atoms in total. The molecular weight excluding hydrogens is 376 g/mol. The summed E-state index contributed by atoms with van der Waals surface area (Å²) in [5, 5.41) is 5.50. The fraction of sp³-hybridized carbons (Fsp3) is 0.438. The van der Waals surface area contributed by atoms with E-state index >= 15 is 0 Å². The van der Waals surface area contributed by atoms with Gasteiger partial charge in [0.05, 0.1) is 11.3 Å². The highest BCUT2D eigenvalue weighted by atomic mass is 79.9. The number of carbonyl (C=O) groups is 1. The fourth-order valence-electron chi connectivity index (χ4n) is 2.80. The molecule has 1 atom stereocenters. The number of piperidine rings is 1. The summed E-state index contributed by atoms with van der Waals surface area (Å²) in [7, 11) is 0. The van der Waals surface area contributed by atoms with Crippen molar-refractivity contribution in [2.24, 2.45) is 5.92 Å². The van der Waals surface area contributed by atoms with Crippen molar-refractivity contribution in [1.29, 1.82) is 0 Å². The van der Waals surface area contributed by atoms with Crippen LogP contribution in [-0.4, -0.2) is 33.9 Å². The van der Waals surface area contributed by atoms with Gasteiger partial charge in [-0.05, 0) is 47.3 Å². The highest BCUT2D eigenvalue weighted by Gasteiger charge is 2.17. The average molecular weight is 395 g/mol. The molecule has 0 bridgehead atoms. The van der Waals surface area contributed by atoms with E-state index in [-0.39, 0.29) is 5.91 Å². The third-order valence-electron chi connectivity index (χ3n) is 3.87. The zero-order valence-corrected chi connectivity index (χ0v) is 15.4. The molecule has 7 heteroatoms. The van der Waals surface area contributed by atoms with Crippen LogP contribution < -0.4 is 5.32 Å². The number of hydrogen-bond donors (Lipinski definition) is 1. The Hall–Kier alpha value is -1.31. The number of anilines is 1. The largest absolute Gasteiger partial charge is 0.298 e. The smallest absolute Gasteiger partial charge is 0.259 e. The van der Waals surface area contributed by atoms with Gasteiger partial charge in [-0.15, -0.1) is 11.3 Å². The third kappa shape index (κ3) is 4.59. The van der Waals surface area contributed by atoms with Gasteiger partial charge in [0.15, 0.2) is 5.13 Å². The van der Waals surface area contributed by atoms with E-state index in [4.69, 9.17) is 0 Å². The van der Waals surface area contributed by atoms with Crippen molar-refractivity contribution in [3.05, 3.63) is 39.6 Å². The van der Waals surface area contributed by atoms with Crippen LogP contribution in [0.15, 0.2) is 28.3 Å². The monoisotopic (exact) mass is 394 g/mol. The van der Waals surface area contributed by atoms with Crippen molar-refractivity contribution in [3.8, 4) is 0 Å². The maximum Gasteiger partial charge on any atom is 0.259 e. The van der Waals surface area contributed by atoms with Crippen LogP contribution in [0, 0.1) is 5.92 Å². The fourth-order valence-corrected chi connectivity index (χ4v) is 3.86. The molecule has 0 aliphatic carbocycles. The topological polar surface area (TPSA) is 58.1 Å². The lowest BCUT2D eigenvalue weighted by Gasteiger charge is -2.30. The Morgan fingerprint density at radius 3 is 3.17 bits per heavy atom. The van der Waals surface area contributed by atoms with Crippen molar-refractivity contribution in [1.82, 2.24) is 14.9 Å². The Kier molecular flexibility index (Phi) is 5.40. The summed E-state index contributed by atoms with van der Waals surface area (Å²) in [5.74, 6) is 0.567. The first-order valence-electron chi connectivity index (χ1n) is 7.69. The lowest BCUT2D eigenvalue weighted by atomic mass is 10.0. The van der Waals surface area contributed by atoms with Crippen LogP contribution in [0.3, 0.4) is 0 Å². The minimum Gasteiger partial charge on any atom is -0.298 e. The standard InChI is InChI=1S/C16H19BrN4OS/c1-11-3-2-4-21(8-11)9-14-10-23-16(19-14)20-15(22)12-5-13(17)7-18-6-12/h5-7,10-11H,2-4,8-9H2,1H3,(H,19,20,22). The summed E-state index contributed by atoms with van der Waals surface area (Å²) in [6.07, 6.45) is 5.77. The van der Waals surface area contributed by atoms with E-state index in [0.29, 0.717) is 10.7 Å². The highest BCUT2D eigenvalue weighted by Crippen LogP contribution is 2.21. The maximum absolute atomic E-state index is 12.2. The molecule has 23 heavy (non-hydrogen) atoms. The van der Waals surface area contributed by atoms with Crippen LogP contribution in [-0.2, 0) is 6.54 Å². The first-order chi connectivity index (χ1) is 11.1. The van der Waals surface area contributed by atoms with Crippen LogP contribution in [0.5, 0.6) is 0 Å². The number of pyridine rings is 1. The van der Waals surface area contributed by atoms with Gasteiger partial charge in [-0.1, -0.05) is 6.92 Å². The quantitative estimate of drug-likeness (QED) is 0.856. The second kappa shape index (κ2) is 7.51. The van der Waals surface area contributed by atoms with Crippen molar-refractivity contribution in [2.75, 3.05) is 18.4 Å². The normalized spacial score (nSPS) is 18.8. The molecule has 3 heterocycles. The van der Waals surface area contributed by atoms with Gasteiger partial charge >= 0.3 is 0 Å². The van der Waals surface area contributed by atoms with Gasteiger partial charge in [0, 0.05) is 35.3 Å². The predicted molar refractivity (Wildman–Crippen MR) is 95.7 cm³/mol. The zero-order valence-electron chi connectivity index (χ0n) is 13.0. The molecule has 0 aromatic carbocycles. The summed E-state index contributed by atoms with van der Waals surface area (Å²) in [6.45, 7) is 5.41. The molecule has 1 saturated heterocycles. The number of nitrogens with one attached hydrogen (secondary N) is 1. The summed E-state index contributed by atoms with van der Waals surface area (Å²) in [4.78, 5) is 23.2. The first-order valence-corrected chi connectivity index (χ1v) is 9.36. The molecule has 2 aromatic rings. The highest BCUT2D eigenvalue weighted by molar-refractivity contribution is 9.10. The van der Waals surface area contributed by atoms with Gasteiger partial charge in [-0.25, -0.2) is 4.98 Å². The number of rotatable bonds is 4. The lowest BCUT2D eigenvalue weighted by molar-refractivity contribution is 0.102. The van der Waals surface area contributed by atoms with Crippen LogP contribution in [0.1, 0.15) is 35.8 Å². The number of hydrogen-bond acceptors (Lipinski definition) is 5. The Bertz CT molecular complexity index is 690. The summed E-state index contributed by atoms with van der Waals surface area (Å²) < 4.78 is 0.782. The van der Waals surface area contributed by atoms with Gasteiger partial charge in [0.1, 0.15) is 0 Å². The predicted octanol–water partition coefficient (Wildman–Crippen LogP) is 3.78. The summed E-state index contributed by atoms with van der Waals surface area (Å²) in [6, 6.07) is 1.74. The molecular formula is C16H19BrN4OS. The van der Waals surface area contributed by atoms with Gasteiger partial charge in [0.2, 0.25) is 0 Å². The SMILES string of the molecule is CC1CCCN(Cc2csc(NC(=O)c3cncc(Br)c3)n2)C1. The molecule has 0 radical (unpaired) electrons. The van der Waals surface area contributed by atoms with Crippen molar-refractivity contribution in [2.45, 2.75) is 26.3 Å². The summed E-state index contributed by atoms with van der Waals surface area (Å²) in [5.41, 5.74) is 1.53. The van der Waals surface area contributed by atoms with E-state index in [1.54, 1.807) is 18.5 Å².